The maximum absolute atomic E-state index is 10.4. The molecular weight excluding hydrogens is 136 g/mol. The Labute approximate surface area is 58.5 Å². The van der Waals surface area contributed by atoms with Gasteiger partial charge in [-0.2, -0.15) is 0 Å². The molecule has 1 amide bonds. The van der Waals surface area contributed by atoms with Crippen molar-refractivity contribution in [1.29, 1.82) is 0 Å². The van der Waals surface area contributed by atoms with Crippen molar-refractivity contribution >= 4 is 17.7 Å². The first-order valence-corrected chi connectivity index (χ1v) is 3.62. The van der Waals surface area contributed by atoms with Crippen molar-refractivity contribution in [3.05, 3.63) is 10.6 Å². The van der Waals surface area contributed by atoms with Crippen LogP contribution in [0.25, 0.3) is 0 Å². The quantitative estimate of drug-likeness (QED) is 0.540. The molecule has 0 aliphatic heterocycles. The van der Waals surface area contributed by atoms with E-state index in [9.17, 15) is 4.79 Å². The van der Waals surface area contributed by atoms with E-state index in [1.807, 2.05) is 0 Å². The van der Waals surface area contributed by atoms with Crippen LogP contribution in [0.5, 0.6) is 0 Å². The Morgan fingerprint density at radius 1 is 1.44 bits per heavy atom. The normalized spacial score (nSPS) is 12.7. The van der Waals surface area contributed by atoms with Crippen LogP contribution < -0.4 is 11.5 Å². The monoisotopic (exact) mass is 146 g/mol. The van der Waals surface area contributed by atoms with Crippen LogP contribution in [-0.4, -0.2) is 12.2 Å². The summed E-state index contributed by atoms with van der Waals surface area (Å²) in [5, 5.41) is 0.488. The van der Waals surface area contributed by atoms with E-state index in [2.05, 4.69) is 0 Å². The van der Waals surface area contributed by atoms with Crippen molar-refractivity contribution in [2.75, 3.05) is 6.26 Å². The molecule has 0 rings (SSSR count). The zero-order valence-electron chi connectivity index (χ0n) is 5.47. The summed E-state index contributed by atoms with van der Waals surface area (Å²) in [5.74, 6) is -0.457. The second-order valence-electron chi connectivity index (χ2n) is 1.56. The van der Waals surface area contributed by atoms with Crippen molar-refractivity contribution < 1.29 is 4.79 Å². The van der Waals surface area contributed by atoms with Gasteiger partial charge in [0.25, 0.3) is 0 Å². The van der Waals surface area contributed by atoms with Gasteiger partial charge in [-0.3, -0.25) is 4.79 Å². The molecule has 0 bridgehead atoms. The molecule has 0 heterocycles. The number of thioether (sulfide) groups is 1. The molecule has 0 aliphatic rings. The number of amides is 1. The van der Waals surface area contributed by atoms with E-state index in [0.717, 1.165) is 0 Å². The van der Waals surface area contributed by atoms with Gasteiger partial charge in [-0.05, 0) is 13.2 Å². The second-order valence-corrected chi connectivity index (χ2v) is 2.41. The maximum Gasteiger partial charge on any atom is 0.246 e. The van der Waals surface area contributed by atoms with E-state index in [1.165, 1.54) is 11.8 Å². The molecular formula is C5H10N2OS. The van der Waals surface area contributed by atoms with Crippen LogP contribution in [0.3, 0.4) is 0 Å². The average molecular weight is 146 g/mol. The smallest absolute Gasteiger partial charge is 0.246 e. The third-order valence-corrected chi connectivity index (χ3v) is 1.71. The summed E-state index contributed by atoms with van der Waals surface area (Å²) in [6.07, 6.45) is 1.79. The molecule has 0 aromatic heterocycles. The van der Waals surface area contributed by atoms with E-state index in [4.69, 9.17) is 11.5 Å². The molecule has 4 N–H and O–H groups in total. The summed E-state index contributed by atoms with van der Waals surface area (Å²) in [6.45, 7) is 1.61. The third kappa shape index (κ3) is 2.41. The minimum absolute atomic E-state index is 0.433. The van der Waals surface area contributed by atoms with E-state index < -0.39 is 5.91 Å². The fraction of sp³-hybridized carbons (Fsp3) is 0.400. The van der Waals surface area contributed by atoms with Crippen LogP contribution in [0.4, 0.5) is 0 Å². The predicted octanol–water partition coefficient (Wildman–Crippen LogP) is 0.0249. The third-order valence-electron chi connectivity index (χ3n) is 0.959. The Bertz CT molecular complexity index is 153. The molecule has 0 atom stereocenters. The van der Waals surface area contributed by atoms with Gasteiger partial charge in [0, 0.05) is 5.57 Å². The highest BCUT2D eigenvalue weighted by atomic mass is 32.2. The van der Waals surface area contributed by atoms with Crippen molar-refractivity contribution in [2.24, 2.45) is 11.5 Å². The lowest BCUT2D eigenvalue weighted by Crippen LogP contribution is -2.15. The molecule has 0 aromatic rings. The Balaban J connectivity index is 4.28. The zero-order chi connectivity index (χ0) is 7.44. The van der Waals surface area contributed by atoms with Crippen molar-refractivity contribution in [1.82, 2.24) is 0 Å². The molecule has 0 fully saturated rings. The zero-order valence-corrected chi connectivity index (χ0v) is 6.29. The SMILES string of the molecule is CSC(N)=C(C)C(N)=O. The van der Waals surface area contributed by atoms with Crippen molar-refractivity contribution in [3.63, 3.8) is 0 Å². The first-order valence-electron chi connectivity index (χ1n) is 2.39. The average Bonchev–Trinajstić information content (AvgIpc) is 1.84. The Morgan fingerprint density at radius 2 is 1.89 bits per heavy atom. The largest absolute Gasteiger partial charge is 0.393 e. The molecule has 0 radical (unpaired) electrons. The number of carbonyl (C=O) groups is 1. The topological polar surface area (TPSA) is 69.1 Å². The molecule has 0 aliphatic carbocycles. The summed E-state index contributed by atoms with van der Waals surface area (Å²) in [6, 6.07) is 0. The number of hydrogen-bond acceptors (Lipinski definition) is 3. The molecule has 9 heavy (non-hydrogen) atoms. The molecule has 52 valence electrons. The summed E-state index contributed by atoms with van der Waals surface area (Å²) in [4.78, 5) is 10.4. The number of primary amides is 1. The number of nitrogens with two attached hydrogens (primary N) is 2. The summed E-state index contributed by atoms with van der Waals surface area (Å²) >= 11 is 1.32. The van der Waals surface area contributed by atoms with Gasteiger partial charge < -0.3 is 11.5 Å². The highest BCUT2D eigenvalue weighted by molar-refractivity contribution is 8.02. The lowest BCUT2D eigenvalue weighted by Gasteiger charge is -1.97. The molecule has 0 saturated heterocycles. The van der Waals surface area contributed by atoms with E-state index in [-0.39, 0.29) is 0 Å². The molecule has 3 nitrogen and oxygen atoms in total. The summed E-state index contributed by atoms with van der Waals surface area (Å²) in [5.41, 5.74) is 10.7. The van der Waals surface area contributed by atoms with E-state index in [0.29, 0.717) is 10.6 Å². The van der Waals surface area contributed by atoms with Gasteiger partial charge in [0.05, 0.1) is 5.03 Å². The van der Waals surface area contributed by atoms with Crippen LogP contribution in [0.15, 0.2) is 10.6 Å². The maximum atomic E-state index is 10.4. The van der Waals surface area contributed by atoms with E-state index >= 15 is 0 Å². The minimum atomic E-state index is -0.457. The van der Waals surface area contributed by atoms with Gasteiger partial charge >= 0.3 is 0 Å². The molecule has 4 heteroatoms. The van der Waals surface area contributed by atoms with Gasteiger partial charge in [-0.25, -0.2) is 0 Å². The van der Waals surface area contributed by atoms with Crippen LogP contribution >= 0.6 is 11.8 Å². The van der Waals surface area contributed by atoms with Gasteiger partial charge in [0.2, 0.25) is 5.91 Å². The Morgan fingerprint density at radius 3 is 2.00 bits per heavy atom. The lowest BCUT2D eigenvalue weighted by atomic mass is 10.3. The highest BCUT2D eigenvalue weighted by Gasteiger charge is 2.00. The molecule has 0 saturated carbocycles. The fourth-order valence-electron chi connectivity index (χ4n) is 0.275. The van der Waals surface area contributed by atoms with Crippen LogP contribution in [0.2, 0.25) is 0 Å². The summed E-state index contributed by atoms with van der Waals surface area (Å²) in [7, 11) is 0. The van der Waals surface area contributed by atoms with Crippen molar-refractivity contribution in [2.45, 2.75) is 6.92 Å². The Hall–Kier alpha value is -0.640. The number of carbonyl (C=O) groups excluding carboxylic acids is 1. The molecule has 0 spiro atoms. The first kappa shape index (κ1) is 8.36. The van der Waals surface area contributed by atoms with Gasteiger partial charge in [-0.1, -0.05) is 0 Å². The van der Waals surface area contributed by atoms with Gasteiger partial charge in [-0.15, -0.1) is 11.8 Å². The standard InChI is InChI=1S/C5H10N2OS/c1-3(4(6)8)5(7)9-2/h7H2,1-2H3,(H2,6,8). The Kier molecular flexibility index (Phi) is 3.16. The van der Waals surface area contributed by atoms with Crippen LogP contribution in [-0.2, 0) is 4.79 Å². The number of hydrogen-bond donors (Lipinski definition) is 2. The molecule has 0 unspecified atom stereocenters. The predicted molar refractivity (Wildman–Crippen MR) is 39.6 cm³/mol. The highest BCUT2D eigenvalue weighted by Crippen LogP contribution is 2.08. The minimum Gasteiger partial charge on any atom is -0.393 e. The first-order chi connectivity index (χ1) is 4.09. The van der Waals surface area contributed by atoms with E-state index in [1.54, 1.807) is 13.2 Å². The number of rotatable bonds is 2. The summed E-state index contributed by atoms with van der Waals surface area (Å²) < 4.78 is 0. The lowest BCUT2D eigenvalue weighted by molar-refractivity contribution is -0.114. The van der Waals surface area contributed by atoms with Crippen molar-refractivity contribution in [3.8, 4) is 0 Å². The van der Waals surface area contributed by atoms with Gasteiger partial charge in [0.1, 0.15) is 0 Å². The second kappa shape index (κ2) is 3.40. The molecule has 0 aromatic carbocycles. The van der Waals surface area contributed by atoms with Gasteiger partial charge in [0.15, 0.2) is 0 Å². The van der Waals surface area contributed by atoms with Crippen LogP contribution in [0.1, 0.15) is 6.92 Å². The fourth-order valence-corrected chi connectivity index (χ4v) is 0.681. The van der Waals surface area contributed by atoms with Crippen LogP contribution in [0, 0.1) is 0 Å².